The fourth-order valence-electron chi connectivity index (χ4n) is 5.71. The normalized spacial score (nSPS) is 21.1. The molecule has 2 aromatic heterocycles. The molecule has 0 spiro atoms. The molecule has 9 nitrogen and oxygen atoms in total. The molecular formula is C25H32N6O3. The maximum Gasteiger partial charge on any atom is 0.253 e. The number of benzene rings is 1. The second kappa shape index (κ2) is 9.02. The van der Waals surface area contributed by atoms with E-state index in [9.17, 15) is 4.79 Å². The number of fused-ring (bicyclic) bond motifs is 2. The van der Waals surface area contributed by atoms with Crippen molar-refractivity contribution in [3.05, 3.63) is 39.9 Å². The number of H-pyrrole nitrogens is 1. The van der Waals surface area contributed by atoms with Gasteiger partial charge in [0.1, 0.15) is 19.3 Å². The van der Waals surface area contributed by atoms with Crippen molar-refractivity contribution in [3.8, 4) is 11.5 Å². The summed E-state index contributed by atoms with van der Waals surface area (Å²) in [6.45, 7) is 5.18. The number of pyridine rings is 1. The molecule has 180 valence electrons. The van der Waals surface area contributed by atoms with Crippen LogP contribution in [0.15, 0.2) is 23.0 Å². The van der Waals surface area contributed by atoms with Gasteiger partial charge in [0.05, 0.1) is 11.6 Å². The van der Waals surface area contributed by atoms with Crippen LogP contribution in [0.5, 0.6) is 11.5 Å². The van der Waals surface area contributed by atoms with Crippen LogP contribution in [-0.4, -0.2) is 56.4 Å². The molecule has 0 radical (unpaired) electrons. The van der Waals surface area contributed by atoms with Gasteiger partial charge in [-0.1, -0.05) is 26.2 Å². The lowest BCUT2D eigenvalue weighted by molar-refractivity contribution is 0.146. The van der Waals surface area contributed by atoms with Crippen molar-refractivity contribution in [2.45, 2.75) is 64.0 Å². The number of ether oxygens (including phenoxy) is 2. The number of aromatic nitrogens is 5. The Bertz CT molecular complexity index is 1220. The van der Waals surface area contributed by atoms with Gasteiger partial charge in [-0.15, -0.1) is 5.10 Å². The molecule has 1 N–H and O–H groups in total. The number of aromatic amines is 1. The van der Waals surface area contributed by atoms with Gasteiger partial charge >= 0.3 is 0 Å². The van der Waals surface area contributed by atoms with E-state index in [1.54, 1.807) is 0 Å². The highest BCUT2D eigenvalue weighted by atomic mass is 16.6. The van der Waals surface area contributed by atoms with E-state index >= 15 is 0 Å². The van der Waals surface area contributed by atoms with Crippen molar-refractivity contribution in [2.24, 2.45) is 5.92 Å². The molecule has 1 aromatic carbocycles. The number of hydrogen-bond acceptors (Lipinski definition) is 7. The Morgan fingerprint density at radius 1 is 1.00 bits per heavy atom. The minimum absolute atomic E-state index is 0.106. The van der Waals surface area contributed by atoms with E-state index in [-0.39, 0.29) is 11.6 Å². The van der Waals surface area contributed by atoms with Crippen LogP contribution in [-0.2, 0) is 0 Å². The minimum atomic E-state index is -0.286. The van der Waals surface area contributed by atoms with Gasteiger partial charge in [0.2, 0.25) is 0 Å². The molecule has 34 heavy (non-hydrogen) atoms. The molecule has 1 atom stereocenters. The molecule has 1 saturated heterocycles. The first-order chi connectivity index (χ1) is 16.7. The third-order valence-electron chi connectivity index (χ3n) is 7.70. The Morgan fingerprint density at radius 3 is 2.50 bits per heavy atom. The van der Waals surface area contributed by atoms with Gasteiger partial charge in [-0.2, -0.15) is 0 Å². The molecule has 0 unspecified atom stereocenters. The maximum absolute atomic E-state index is 13.5. The predicted octanol–water partition coefficient (Wildman–Crippen LogP) is 3.61. The molecule has 0 amide bonds. The second-order valence-corrected chi connectivity index (χ2v) is 10.0. The third-order valence-corrected chi connectivity index (χ3v) is 7.70. The number of rotatable bonds is 4. The van der Waals surface area contributed by atoms with Crippen LogP contribution in [0, 0.1) is 5.92 Å². The van der Waals surface area contributed by atoms with Crippen molar-refractivity contribution in [1.29, 1.82) is 0 Å². The van der Waals surface area contributed by atoms with Crippen LogP contribution >= 0.6 is 0 Å². The largest absolute Gasteiger partial charge is 0.486 e. The van der Waals surface area contributed by atoms with Gasteiger partial charge in [-0.25, -0.2) is 4.68 Å². The summed E-state index contributed by atoms with van der Waals surface area (Å²) in [6.07, 6.45) is 8.02. The molecule has 0 bridgehead atoms. The first-order valence-corrected chi connectivity index (χ1v) is 12.7. The highest BCUT2D eigenvalue weighted by molar-refractivity contribution is 5.83. The van der Waals surface area contributed by atoms with Crippen LogP contribution in [0.1, 0.15) is 75.3 Å². The summed E-state index contributed by atoms with van der Waals surface area (Å²) in [4.78, 5) is 19.0. The SMILES string of the molecule is CC1CCN([C@H](c2cc3cc4c(cc3[nH]c2=O)OCCO4)c2nnnn2C2CCCCC2)CC1. The molecule has 9 heteroatoms. The number of hydrogen-bond donors (Lipinski definition) is 1. The van der Waals surface area contributed by atoms with E-state index in [0.717, 1.165) is 55.5 Å². The van der Waals surface area contributed by atoms with Crippen molar-refractivity contribution >= 4 is 10.9 Å². The minimum Gasteiger partial charge on any atom is -0.486 e. The number of piperidine rings is 1. The maximum atomic E-state index is 13.5. The smallest absolute Gasteiger partial charge is 0.253 e. The number of nitrogens with one attached hydrogen (secondary N) is 1. The molecule has 1 saturated carbocycles. The number of likely N-dealkylation sites (tertiary alicyclic amines) is 1. The van der Waals surface area contributed by atoms with E-state index < -0.39 is 0 Å². The van der Waals surface area contributed by atoms with E-state index in [4.69, 9.17) is 9.47 Å². The quantitative estimate of drug-likeness (QED) is 0.630. The summed E-state index contributed by atoms with van der Waals surface area (Å²) in [5.74, 6) is 2.85. The molecule has 6 rings (SSSR count). The molecule has 1 aliphatic carbocycles. The van der Waals surface area contributed by atoms with Gasteiger partial charge in [-0.3, -0.25) is 9.69 Å². The van der Waals surface area contributed by atoms with Gasteiger partial charge in [-0.05, 0) is 67.3 Å². The lowest BCUT2D eigenvalue weighted by Crippen LogP contribution is -2.40. The van der Waals surface area contributed by atoms with Gasteiger partial charge in [0.15, 0.2) is 17.3 Å². The Kier molecular flexibility index (Phi) is 5.72. The van der Waals surface area contributed by atoms with Gasteiger partial charge in [0, 0.05) is 17.0 Å². The fraction of sp³-hybridized carbons (Fsp3) is 0.600. The van der Waals surface area contributed by atoms with Crippen LogP contribution in [0.4, 0.5) is 0 Å². The zero-order valence-electron chi connectivity index (χ0n) is 19.7. The van der Waals surface area contributed by atoms with Crippen molar-refractivity contribution in [1.82, 2.24) is 30.1 Å². The van der Waals surface area contributed by atoms with Crippen molar-refractivity contribution < 1.29 is 9.47 Å². The topological polar surface area (TPSA) is 98.2 Å². The van der Waals surface area contributed by atoms with Crippen LogP contribution in [0.25, 0.3) is 10.9 Å². The Balaban J connectivity index is 1.46. The zero-order chi connectivity index (χ0) is 23.1. The second-order valence-electron chi connectivity index (χ2n) is 10.0. The monoisotopic (exact) mass is 464 g/mol. The average molecular weight is 465 g/mol. The summed E-state index contributed by atoms with van der Waals surface area (Å²) in [5, 5.41) is 14.0. The third kappa shape index (κ3) is 3.96. The standard InChI is InChI=1S/C25H32N6O3/c1-16-7-9-30(10-8-16)23(24-27-28-29-31(24)18-5-3-2-4-6-18)19-13-17-14-21-22(34-12-11-33-21)15-20(17)26-25(19)32/h13-16,18,23H,2-12H2,1H3,(H,26,32)/t23-/m1/s1. The van der Waals surface area contributed by atoms with Crippen molar-refractivity contribution in [2.75, 3.05) is 26.3 Å². The summed E-state index contributed by atoms with van der Waals surface area (Å²) < 4.78 is 13.5. The van der Waals surface area contributed by atoms with Gasteiger partial charge in [0.25, 0.3) is 5.56 Å². The number of nitrogens with zero attached hydrogens (tertiary/aromatic N) is 5. The zero-order valence-corrected chi connectivity index (χ0v) is 19.7. The van der Waals surface area contributed by atoms with E-state index in [2.05, 4.69) is 32.3 Å². The summed E-state index contributed by atoms with van der Waals surface area (Å²) in [6, 6.07) is 5.82. The summed E-state index contributed by atoms with van der Waals surface area (Å²) in [5.41, 5.74) is 1.33. The summed E-state index contributed by atoms with van der Waals surface area (Å²) >= 11 is 0. The lowest BCUT2D eigenvalue weighted by Gasteiger charge is -2.36. The molecule has 2 fully saturated rings. The molecule has 3 aromatic rings. The first kappa shape index (κ1) is 21.6. The van der Waals surface area contributed by atoms with E-state index in [1.807, 2.05) is 22.9 Å². The molecule has 3 aliphatic rings. The number of tetrazole rings is 1. The molecule has 4 heterocycles. The Morgan fingerprint density at radius 2 is 1.74 bits per heavy atom. The predicted molar refractivity (Wildman–Crippen MR) is 127 cm³/mol. The Hall–Kier alpha value is -2.94. The van der Waals surface area contributed by atoms with Gasteiger partial charge < -0.3 is 14.5 Å². The molecule has 2 aliphatic heterocycles. The average Bonchev–Trinajstić information content (AvgIpc) is 3.34. The first-order valence-electron chi connectivity index (χ1n) is 12.7. The van der Waals surface area contributed by atoms with Crippen LogP contribution in [0.3, 0.4) is 0 Å². The highest BCUT2D eigenvalue weighted by Gasteiger charge is 2.34. The van der Waals surface area contributed by atoms with Crippen LogP contribution < -0.4 is 15.0 Å². The van der Waals surface area contributed by atoms with Crippen molar-refractivity contribution in [3.63, 3.8) is 0 Å². The highest BCUT2D eigenvalue weighted by Crippen LogP contribution is 2.37. The fourth-order valence-corrected chi connectivity index (χ4v) is 5.71. The van der Waals surface area contributed by atoms with Crippen LogP contribution in [0.2, 0.25) is 0 Å². The lowest BCUT2D eigenvalue weighted by atomic mass is 9.93. The van der Waals surface area contributed by atoms with E-state index in [0.29, 0.717) is 42.2 Å². The Labute approximate surface area is 198 Å². The summed E-state index contributed by atoms with van der Waals surface area (Å²) in [7, 11) is 0. The molecular weight excluding hydrogens is 432 g/mol. The van der Waals surface area contributed by atoms with E-state index in [1.165, 1.54) is 19.3 Å².